The van der Waals surface area contributed by atoms with Crippen LogP contribution >= 0.6 is 39.1 Å². The van der Waals surface area contributed by atoms with Gasteiger partial charge in [0, 0.05) is 15.2 Å². The third kappa shape index (κ3) is 7.00. The van der Waals surface area contributed by atoms with Crippen LogP contribution in [0.15, 0.2) is 70.7 Å². The summed E-state index contributed by atoms with van der Waals surface area (Å²) in [6.07, 6.45) is 1.45. The topological polar surface area (TPSA) is 71.3 Å². The second-order valence-corrected chi connectivity index (χ2v) is 8.57. The van der Waals surface area contributed by atoms with Gasteiger partial charge >= 0.3 is 0 Å². The van der Waals surface area contributed by atoms with Crippen molar-refractivity contribution in [2.45, 2.75) is 13.5 Å². The molecule has 0 bridgehead atoms. The normalized spacial score (nSPS) is 10.9. The second kappa shape index (κ2) is 11.8. The molecule has 0 aromatic heterocycles. The Hall–Kier alpha value is -2.98. The van der Waals surface area contributed by atoms with Gasteiger partial charge in [-0.15, -0.1) is 0 Å². The van der Waals surface area contributed by atoms with E-state index in [0.717, 1.165) is 10.0 Å². The Kier molecular flexibility index (Phi) is 8.79. The number of hydrogen-bond acceptors (Lipinski definition) is 4. The highest BCUT2D eigenvalue weighted by Gasteiger charge is 2.15. The van der Waals surface area contributed by atoms with Crippen molar-refractivity contribution in [1.82, 2.24) is 0 Å². The SMILES string of the molecule is CCOc1cc(/C=C(\C#N)C(=O)Nc2ccc(Br)cc2)cc(Cl)c1OCc1ccc(Cl)cc1. The van der Waals surface area contributed by atoms with Crippen molar-refractivity contribution >= 4 is 56.8 Å². The lowest BCUT2D eigenvalue weighted by Crippen LogP contribution is -2.13. The van der Waals surface area contributed by atoms with E-state index in [4.69, 9.17) is 32.7 Å². The largest absolute Gasteiger partial charge is 0.490 e. The van der Waals surface area contributed by atoms with Gasteiger partial charge in [0.25, 0.3) is 5.91 Å². The Morgan fingerprint density at radius 3 is 2.42 bits per heavy atom. The molecule has 3 rings (SSSR count). The standard InChI is InChI=1S/C25H19BrCl2N2O3/c1-2-32-23-13-17(11-18(14-29)25(31)30-21-9-5-19(26)6-10-21)12-22(28)24(23)33-15-16-3-7-20(27)8-4-16/h3-13H,2,15H2,1H3,(H,30,31)/b18-11+. The number of rotatable bonds is 8. The van der Waals surface area contributed by atoms with E-state index in [9.17, 15) is 10.1 Å². The Balaban J connectivity index is 1.83. The van der Waals surface area contributed by atoms with Gasteiger partial charge in [-0.25, -0.2) is 0 Å². The second-order valence-electron chi connectivity index (χ2n) is 6.81. The highest BCUT2D eigenvalue weighted by molar-refractivity contribution is 9.10. The summed E-state index contributed by atoms with van der Waals surface area (Å²) in [5.74, 6) is 0.260. The van der Waals surface area contributed by atoms with Gasteiger partial charge in [-0.2, -0.15) is 5.26 Å². The van der Waals surface area contributed by atoms with Crippen LogP contribution in [0.5, 0.6) is 11.5 Å². The summed E-state index contributed by atoms with van der Waals surface area (Å²) in [5.41, 5.74) is 1.94. The van der Waals surface area contributed by atoms with Gasteiger partial charge in [-0.3, -0.25) is 4.79 Å². The van der Waals surface area contributed by atoms with Crippen molar-refractivity contribution in [3.05, 3.63) is 91.9 Å². The summed E-state index contributed by atoms with van der Waals surface area (Å²) >= 11 is 15.7. The first-order valence-corrected chi connectivity index (χ1v) is 11.5. The summed E-state index contributed by atoms with van der Waals surface area (Å²) < 4.78 is 12.5. The molecule has 168 valence electrons. The number of anilines is 1. The number of nitriles is 1. The molecule has 0 aliphatic heterocycles. The van der Waals surface area contributed by atoms with Crippen molar-refractivity contribution in [3.8, 4) is 17.6 Å². The lowest BCUT2D eigenvalue weighted by Gasteiger charge is -2.15. The molecule has 5 nitrogen and oxygen atoms in total. The Labute approximate surface area is 210 Å². The zero-order chi connectivity index (χ0) is 23.8. The van der Waals surface area contributed by atoms with Gasteiger partial charge in [-0.1, -0.05) is 51.3 Å². The minimum absolute atomic E-state index is 0.0775. The smallest absolute Gasteiger partial charge is 0.266 e. The molecule has 33 heavy (non-hydrogen) atoms. The molecule has 0 heterocycles. The van der Waals surface area contributed by atoms with Crippen LogP contribution in [0.25, 0.3) is 6.08 Å². The predicted molar refractivity (Wildman–Crippen MR) is 135 cm³/mol. The number of nitrogens with zero attached hydrogens (tertiary/aromatic N) is 1. The van der Waals surface area contributed by atoms with Crippen LogP contribution in [0.2, 0.25) is 10.0 Å². The summed E-state index contributed by atoms with van der Waals surface area (Å²) in [7, 11) is 0. The molecule has 0 saturated carbocycles. The maximum atomic E-state index is 12.6. The van der Waals surface area contributed by atoms with E-state index in [1.54, 1.807) is 48.5 Å². The third-order valence-corrected chi connectivity index (χ3v) is 5.47. The van der Waals surface area contributed by atoms with Gasteiger partial charge in [0.15, 0.2) is 11.5 Å². The molecule has 3 aromatic carbocycles. The molecule has 0 unspecified atom stereocenters. The molecule has 0 radical (unpaired) electrons. The fourth-order valence-electron chi connectivity index (χ4n) is 2.86. The number of carbonyl (C=O) groups is 1. The lowest BCUT2D eigenvalue weighted by molar-refractivity contribution is -0.112. The molecule has 0 aliphatic carbocycles. The van der Waals surface area contributed by atoms with Crippen molar-refractivity contribution in [1.29, 1.82) is 5.26 Å². The van der Waals surface area contributed by atoms with Gasteiger partial charge in [0.05, 0.1) is 11.6 Å². The first-order chi connectivity index (χ1) is 15.9. The monoisotopic (exact) mass is 544 g/mol. The molecule has 3 aromatic rings. The van der Waals surface area contributed by atoms with Crippen molar-refractivity contribution in [2.75, 3.05) is 11.9 Å². The number of benzene rings is 3. The Morgan fingerprint density at radius 1 is 1.09 bits per heavy atom. The fraction of sp³-hybridized carbons (Fsp3) is 0.120. The number of ether oxygens (including phenoxy) is 2. The van der Waals surface area contributed by atoms with Crippen LogP contribution < -0.4 is 14.8 Å². The number of hydrogen-bond donors (Lipinski definition) is 1. The predicted octanol–water partition coefficient (Wildman–Crippen LogP) is 7.28. The van der Waals surface area contributed by atoms with Gasteiger partial charge in [0.2, 0.25) is 0 Å². The van der Waals surface area contributed by atoms with Gasteiger partial charge in [-0.05, 0) is 72.7 Å². The molecular formula is C25H19BrCl2N2O3. The van der Waals surface area contributed by atoms with E-state index in [2.05, 4.69) is 21.2 Å². The average Bonchev–Trinajstić information content (AvgIpc) is 2.79. The molecule has 8 heteroatoms. The molecule has 0 atom stereocenters. The fourth-order valence-corrected chi connectivity index (χ4v) is 3.52. The molecule has 1 N–H and O–H groups in total. The zero-order valence-electron chi connectivity index (χ0n) is 17.6. The van der Waals surface area contributed by atoms with E-state index in [1.807, 2.05) is 25.1 Å². The van der Waals surface area contributed by atoms with Crippen molar-refractivity contribution in [2.24, 2.45) is 0 Å². The summed E-state index contributed by atoms with van der Waals surface area (Å²) in [5, 5.41) is 13.2. The Morgan fingerprint density at radius 2 is 1.79 bits per heavy atom. The minimum atomic E-state index is -0.531. The van der Waals surface area contributed by atoms with E-state index in [1.165, 1.54) is 6.08 Å². The zero-order valence-corrected chi connectivity index (χ0v) is 20.7. The van der Waals surface area contributed by atoms with Crippen molar-refractivity contribution in [3.63, 3.8) is 0 Å². The van der Waals surface area contributed by atoms with Crippen LogP contribution in [0, 0.1) is 11.3 Å². The summed E-state index contributed by atoms with van der Waals surface area (Å²) in [6.45, 7) is 2.49. The molecule has 0 fully saturated rings. The Bertz CT molecular complexity index is 1200. The number of halogens is 3. The van der Waals surface area contributed by atoms with Crippen LogP contribution in [-0.2, 0) is 11.4 Å². The van der Waals surface area contributed by atoms with Crippen LogP contribution in [0.3, 0.4) is 0 Å². The highest BCUT2D eigenvalue weighted by atomic mass is 79.9. The highest BCUT2D eigenvalue weighted by Crippen LogP contribution is 2.38. The first kappa shape index (κ1) is 24.7. The van der Waals surface area contributed by atoms with Gasteiger partial charge in [0.1, 0.15) is 18.2 Å². The van der Waals surface area contributed by atoms with Crippen LogP contribution in [0.1, 0.15) is 18.1 Å². The molecule has 0 saturated heterocycles. The van der Waals surface area contributed by atoms with E-state index >= 15 is 0 Å². The van der Waals surface area contributed by atoms with E-state index in [-0.39, 0.29) is 12.2 Å². The number of nitrogens with one attached hydrogen (secondary N) is 1. The van der Waals surface area contributed by atoms with E-state index < -0.39 is 5.91 Å². The van der Waals surface area contributed by atoms with Crippen LogP contribution in [0.4, 0.5) is 5.69 Å². The number of amides is 1. The maximum Gasteiger partial charge on any atom is 0.266 e. The molecule has 0 aliphatic rings. The average molecular weight is 546 g/mol. The summed E-state index contributed by atoms with van der Waals surface area (Å²) in [4.78, 5) is 12.6. The molecular weight excluding hydrogens is 527 g/mol. The summed E-state index contributed by atoms with van der Waals surface area (Å²) in [6, 6.07) is 19.5. The lowest BCUT2D eigenvalue weighted by atomic mass is 10.1. The first-order valence-electron chi connectivity index (χ1n) is 9.92. The quantitative estimate of drug-likeness (QED) is 0.238. The van der Waals surface area contributed by atoms with E-state index in [0.29, 0.717) is 39.4 Å². The minimum Gasteiger partial charge on any atom is -0.490 e. The number of carbonyl (C=O) groups excluding carboxylic acids is 1. The van der Waals surface area contributed by atoms with Crippen LogP contribution in [-0.4, -0.2) is 12.5 Å². The van der Waals surface area contributed by atoms with Gasteiger partial charge < -0.3 is 14.8 Å². The molecule has 1 amide bonds. The maximum absolute atomic E-state index is 12.6. The molecule has 0 spiro atoms. The third-order valence-electron chi connectivity index (χ3n) is 4.41. The van der Waals surface area contributed by atoms with Crippen molar-refractivity contribution < 1.29 is 14.3 Å².